The van der Waals surface area contributed by atoms with E-state index in [1.807, 2.05) is 37.4 Å². The number of nitrogens with zero attached hydrogens (tertiary/aromatic N) is 1. The Balaban J connectivity index is 1.97. The van der Waals surface area contributed by atoms with Crippen LogP contribution in [-0.4, -0.2) is 35.2 Å². The molecule has 17 heavy (non-hydrogen) atoms. The van der Waals surface area contributed by atoms with Crippen molar-refractivity contribution in [2.75, 3.05) is 7.05 Å². The maximum atomic E-state index is 11.2. The zero-order chi connectivity index (χ0) is 12.3. The van der Waals surface area contributed by atoms with Crippen molar-refractivity contribution in [3.05, 3.63) is 35.9 Å². The fourth-order valence-corrected chi connectivity index (χ4v) is 2.21. The maximum absolute atomic E-state index is 11.2. The molecule has 1 aliphatic carbocycles. The summed E-state index contributed by atoms with van der Waals surface area (Å²) < 4.78 is 0. The summed E-state index contributed by atoms with van der Waals surface area (Å²) in [5, 5.41) is 12.4. The predicted octanol–water partition coefficient (Wildman–Crippen LogP) is 1.92. The summed E-state index contributed by atoms with van der Waals surface area (Å²) in [6.45, 7) is 0.483. The van der Waals surface area contributed by atoms with Gasteiger partial charge in [-0.2, -0.15) is 0 Å². The van der Waals surface area contributed by atoms with Gasteiger partial charge in [0.15, 0.2) is 0 Å². The second kappa shape index (κ2) is 5.19. The molecule has 0 bridgehead atoms. The molecule has 0 unspecified atom stereocenters. The van der Waals surface area contributed by atoms with Crippen molar-refractivity contribution in [3.8, 4) is 0 Å². The van der Waals surface area contributed by atoms with E-state index in [2.05, 4.69) is 5.32 Å². The number of nitrogens with one attached hydrogen (secondary N) is 1. The van der Waals surface area contributed by atoms with Gasteiger partial charge in [-0.3, -0.25) is 0 Å². The van der Waals surface area contributed by atoms with Crippen LogP contribution in [0.4, 0.5) is 4.79 Å². The van der Waals surface area contributed by atoms with Crippen molar-refractivity contribution in [2.45, 2.75) is 31.5 Å². The first-order valence-corrected chi connectivity index (χ1v) is 5.91. The Morgan fingerprint density at radius 2 is 2.06 bits per heavy atom. The molecule has 4 heteroatoms. The SMILES string of the molecule is CN[C@H]1C[C@H](N(Cc2ccccc2)C(=O)O)C1. The molecular formula is C13H18N2O2. The summed E-state index contributed by atoms with van der Waals surface area (Å²) in [6, 6.07) is 10.4. The molecular weight excluding hydrogens is 216 g/mol. The van der Waals surface area contributed by atoms with Gasteiger partial charge < -0.3 is 15.3 Å². The zero-order valence-corrected chi connectivity index (χ0v) is 9.97. The number of hydrogen-bond acceptors (Lipinski definition) is 2. The Bertz CT molecular complexity index is 374. The third-order valence-electron chi connectivity index (χ3n) is 3.40. The first-order valence-electron chi connectivity index (χ1n) is 5.91. The molecule has 0 aliphatic heterocycles. The fraction of sp³-hybridized carbons (Fsp3) is 0.462. The highest BCUT2D eigenvalue weighted by Crippen LogP contribution is 2.26. The molecule has 4 nitrogen and oxygen atoms in total. The van der Waals surface area contributed by atoms with Crippen molar-refractivity contribution in [3.63, 3.8) is 0 Å². The quantitative estimate of drug-likeness (QED) is 0.836. The number of benzene rings is 1. The monoisotopic (exact) mass is 234 g/mol. The summed E-state index contributed by atoms with van der Waals surface area (Å²) in [4.78, 5) is 12.8. The molecule has 0 atom stereocenters. The largest absolute Gasteiger partial charge is 0.465 e. The highest BCUT2D eigenvalue weighted by atomic mass is 16.4. The summed E-state index contributed by atoms with van der Waals surface area (Å²) in [5.74, 6) is 0. The number of rotatable bonds is 4. The average molecular weight is 234 g/mol. The van der Waals surface area contributed by atoms with E-state index < -0.39 is 6.09 Å². The van der Waals surface area contributed by atoms with Crippen LogP contribution < -0.4 is 5.32 Å². The summed E-state index contributed by atoms with van der Waals surface area (Å²) in [7, 11) is 1.92. The highest BCUT2D eigenvalue weighted by molar-refractivity contribution is 5.65. The van der Waals surface area contributed by atoms with Crippen molar-refractivity contribution >= 4 is 6.09 Å². The molecule has 2 rings (SSSR count). The molecule has 0 saturated heterocycles. The van der Waals surface area contributed by atoms with Gasteiger partial charge in [-0.05, 0) is 25.5 Å². The zero-order valence-electron chi connectivity index (χ0n) is 9.97. The van der Waals surface area contributed by atoms with Crippen LogP contribution in [0.3, 0.4) is 0 Å². The number of carboxylic acid groups (broad SMARTS) is 1. The lowest BCUT2D eigenvalue weighted by atomic mass is 9.85. The minimum atomic E-state index is -0.826. The summed E-state index contributed by atoms with van der Waals surface area (Å²) >= 11 is 0. The molecule has 1 amide bonds. The summed E-state index contributed by atoms with van der Waals surface area (Å²) in [6.07, 6.45) is 0.999. The van der Waals surface area contributed by atoms with Crippen LogP contribution >= 0.6 is 0 Å². The number of amides is 1. The van der Waals surface area contributed by atoms with Gasteiger partial charge in [0.2, 0.25) is 0 Å². The first kappa shape index (κ1) is 11.9. The molecule has 0 spiro atoms. The normalized spacial score (nSPS) is 22.9. The van der Waals surface area contributed by atoms with Gasteiger partial charge in [-0.25, -0.2) is 4.79 Å². The van der Waals surface area contributed by atoms with Crippen LogP contribution in [0.1, 0.15) is 18.4 Å². The predicted molar refractivity (Wildman–Crippen MR) is 65.9 cm³/mol. The van der Waals surface area contributed by atoms with Crippen LogP contribution in [-0.2, 0) is 6.54 Å². The van der Waals surface area contributed by atoms with Gasteiger partial charge in [0, 0.05) is 18.6 Å². The smallest absolute Gasteiger partial charge is 0.407 e. The Morgan fingerprint density at radius 3 is 2.59 bits per heavy atom. The van der Waals surface area contributed by atoms with Crippen LogP contribution in [0.15, 0.2) is 30.3 Å². The van der Waals surface area contributed by atoms with Gasteiger partial charge in [-0.15, -0.1) is 0 Å². The van der Waals surface area contributed by atoms with Crippen molar-refractivity contribution in [1.29, 1.82) is 0 Å². The van der Waals surface area contributed by atoms with Crippen molar-refractivity contribution in [1.82, 2.24) is 10.2 Å². The van der Waals surface area contributed by atoms with Crippen LogP contribution in [0, 0.1) is 0 Å². The molecule has 1 aromatic rings. The molecule has 92 valence electrons. The average Bonchev–Trinajstić information content (AvgIpc) is 2.27. The van der Waals surface area contributed by atoms with E-state index in [0.29, 0.717) is 12.6 Å². The highest BCUT2D eigenvalue weighted by Gasteiger charge is 2.35. The molecule has 2 N–H and O–H groups in total. The van der Waals surface area contributed by atoms with E-state index in [0.717, 1.165) is 18.4 Å². The first-order chi connectivity index (χ1) is 8.20. The molecule has 1 saturated carbocycles. The second-order valence-electron chi connectivity index (χ2n) is 4.51. The van der Waals surface area contributed by atoms with Gasteiger partial charge in [0.05, 0.1) is 0 Å². The number of carbonyl (C=O) groups is 1. The lowest BCUT2D eigenvalue weighted by molar-refractivity contribution is 0.0785. The summed E-state index contributed by atoms with van der Waals surface area (Å²) in [5.41, 5.74) is 1.04. The molecule has 1 aliphatic rings. The molecule has 1 fully saturated rings. The Hall–Kier alpha value is -1.55. The van der Waals surface area contributed by atoms with E-state index in [4.69, 9.17) is 0 Å². The Morgan fingerprint density at radius 1 is 1.41 bits per heavy atom. The van der Waals surface area contributed by atoms with E-state index in [-0.39, 0.29) is 6.04 Å². The van der Waals surface area contributed by atoms with Gasteiger partial charge in [-0.1, -0.05) is 30.3 Å². The molecule has 1 aromatic carbocycles. The lowest BCUT2D eigenvalue weighted by Crippen LogP contribution is -2.52. The number of hydrogen-bond donors (Lipinski definition) is 2. The molecule has 0 heterocycles. The maximum Gasteiger partial charge on any atom is 0.407 e. The minimum Gasteiger partial charge on any atom is -0.465 e. The Kier molecular flexibility index (Phi) is 3.64. The third kappa shape index (κ3) is 2.77. The minimum absolute atomic E-state index is 0.158. The second-order valence-corrected chi connectivity index (χ2v) is 4.51. The fourth-order valence-electron chi connectivity index (χ4n) is 2.21. The molecule has 0 aromatic heterocycles. The van der Waals surface area contributed by atoms with Crippen molar-refractivity contribution < 1.29 is 9.90 Å². The van der Waals surface area contributed by atoms with E-state index >= 15 is 0 Å². The lowest BCUT2D eigenvalue weighted by Gasteiger charge is -2.41. The van der Waals surface area contributed by atoms with Crippen LogP contribution in [0.2, 0.25) is 0 Å². The Labute approximate surface area is 101 Å². The standard InChI is InChI=1S/C13H18N2O2/c1-14-11-7-12(8-11)15(13(16)17)9-10-5-3-2-4-6-10/h2-6,11-12,14H,7-9H2,1H3,(H,16,17)/t11-,12-. The molecule has 0 radical (unpaired) electrons. The van der Waals surface area contributed by atoms with Gasteiger partial charge in [0.25, 0.3) is 0 Å². The van der Waals surface area contributed by atoms with E-state index in [1.165, 1.54) is 0 Å². The van der Waals surface area contributed by atoms with E-state index in [9.17, 15) is 9.90 Å². The van der Waals surface area contributed by atoms with Crippen LogP contribution in [0.5, 0.6) is 0 Å². The van der Waals surface area contributed by atoms with Crippen molar-refractivity contribution in [2.24, 2.45) is 0 Å². The van der Waals surface area contributed by atoms with E-state index in [1.54, 1.807) is 4.90 Å². The van der Waals surface area contributed by atoms with Gasteiger partial charge in [0.1, 0.15) is 0 Å². The van der Waals surface area contributed by atoms with Crippen LogP contribution in [0.25, 0.3) is 0 Å². The topological polar surface area (TPSA) is 52.6 Å². The third-order valence-corrected chi connectivity index (χ3v) is 3.40. The van der Waals surface area contributed by atoms with Gasteiger partial charge >= 0.3 is 6.09 Å².